The molecule has 4 aromatic rings. The topological polar surface area (TPSA) is 145 Å². The minimum absolute atomic E-state index is 0.0243. The third kappa shape index (κ3) is 6.26. The zero-order valence-corrected chi connectivity index (χ0v) is 23.9. The summed E-state index contributed by atoms with van der Waals surface area (Å²) in [6.07, 6.45) is 3.68. The maximum Gasteiger partial charge on any atom is 0.284 e. The second-order valence-electron chi connectivity index (χ2n) is 9.98. The Hall–Kier alpha value is -4.20. The minimum atomic E-state index is -4.01. The first kappa shape index (κ1) is 28.3. The third-order valence-electron chi connectivity index (χ3n) is 6.79. The van der Waals surface area contributed by atoms with Gasteiger partial charge in [-0.1, -0.05) is 64.4 Å². The van der Waals surface area contributed by atoms with E-state index in [-0.39, 0.29) is 40.2 Å². The van der Waals surface area contributed by atoms with Crippen molar-refractivity contribution in [1.29, 1.82) is 0 Å². The van der Waals surface area contributed by atoms with Crippen molar-refractivity contribution in [2.75, 3.05) is 6.54 Å². The summed E-state index contributed by atoms with van der Waals surface area (Å²) in [6.45, 7) is 3.63. The fraction of sp³-hybridized carbons (Fsp3) is 0.214. The van der Waals surface area contributed by atoms with Gasteiger partial charge in [-0.05, 0) is 56.0 Å². The van der Waals surface area contributed by atoms with Gasteiger partial charge in [0.05, 0.1) is 33.1 Å². The predicted octanol–water partition coefficient (Wildman–Crippen LogP) is 4.33. The Kier molecular flexibility index (Phi) is 7.60. The highest BCUT2D eigenvalue weighted by atomic mass is 32.2. The van der Waals surface area contributed by atoms with Crippen LogP contribution in [0.25, 0.3) is 6.08 Å². The van der Waals surface area contributed by atoms with Gasteiger partial charge in [-0.25, -0.2) is 8.42 Å². The van der Waals surface area contributed by atoms with Gasteiger partial charge >= 0.3 is 0 Å². The van der Waals surface area contributed by atoms with Crippen molar-refractivity contribution < 1.29 is 21.8 Å². The number of nitro benzene ring substituents is 1. The molecule has 0 bridgehead atoms. The Morgan fingerprint density at radius 3 is 2.24 bits per heavy atom. The Morgan fingerprint density at radius 2 is 1.61 bits per heavy atom. The van der Waals surface area contributed by atoms with Crippen LogP contribution in [0.5, 0.6) is 0 Å². The van der Waals surface area contributed by atoms with E-state index in [1.165, 1.54) is 46.9 Å². The van der Waals surface area contributed by atoms with Crippen molar-refractivity contribution in [3.05, 3.63) is 117 Å². The molecule has 1 heterocycles. The van der Waals surface area contributed by atoms with Crippen LogP contribution < -0.4 is 0 Å². The van der Waals surface area contributed by atoms with Gasteiger partial charge in [0, 0.05) is 18.7 Å². The van der Waals surface area contributed by atoms with Gasteiger partial charge in [0.2, 0.25) is 10.0 Å². The van der Waals surface area contributed by atoms with Crippen LogP contribution in [0.4, 0.5) is 5.69 Å². The van der Waals surface area contributed by atoms with Gasteiger partial charge < -0.3 is 0 Å². The average Bonchev–Trinajstić information content (AvgIpc) is 3.47. The monoisotopic (exact) mass is 593 g/mol. The Morgan fingerprint density at radius 1 is 0.976 bits per heavy atom. The summed E-state index contributed by atoms with van der Waals surface area (Å²) in [5, 5.41) is 18.9. The standard InChI is InChI=1S/C28H27N5O6S2/c1-20-6-10-27(11-7-20)40(36,37)31(17-24-16-23(24)14-22-4-3-5-26(15-22)33(34)35)18-25-19-32(30-29-25)41(38,39)28-12-8-21(2)9-13-28/h3-15,19,24H,16-18H2,1-2H3/b23-14+. The van der Waals surface area contributed by atoms with Crippen molar-refractivity contribution in [3.8, 4) is 0 Å². The molecule has 0 amide bonds. The van der Waals surface area contributed by atoms with Crippen molar-refractivity contribution in [1.82, 2.24) is 18.7 Å². The van der Waals surface area contributed by atoms with Gasteiger partial charge in [0.15, 0.2) is 0 Å². The normalized spacial score (nSPS) is 16.3. The molecule has 1 unspecified atom stereocenters. The molecular weight excluding hydrogens is 566 g/mol. The summed E-state index contributed by atoms with van der Waals surface area (Å²) in [4.78, 5) is 10.8. The van der Waals surface area contributed by atoms with E-state index < -0.39 is 25.0 Å². The zero-order valence-electron chi connectivity index (χ0n) is 22.3. The number of hydrogen-bond acceptors (Lipinski definition) is 8. The smallest absolute Gasteiger partial charge is 0.258 e. The molecule has 5 rings (SSSR count). The number of hydrogen-bond donors (Lipinski definition) is 0. The summed E-state index contributed by atoms with van der Waals surface area (Å²) in [6, 6.07) is 19.0. The first-order chi connectivity index (χ1) is 19.4. The molecule has 0 radical (unpaired) electrons. The number of nitro groups is 1. The third-order valence-corrected chi connectivity index (χ3v) is 10.2. The molecule has 0 N–H and O–H groups in total. The largest absolute Gasteiger partial charge is 0.284 e. The van der Waals surface area contributed by atoms with E-state index in [0.717, 1.165) is 20.8 Å². The second kappa shape index (κ2) is 11.0. The number of aromatic nitrogens is 3. The Balaban J connectivity index is 1.41. The fourth-order valence-corrected chi connectivity index (χ4v) is 6.89. The van der Waals surface area contributed by atoms with Gasteiger partial charge in [-0.3, -0.25) is 10.1 Å². The van der Waals surface area contributed by atoms with Gasteiger partial charge in [-0.15, -0.1) is 9.19 Å². The summed E-state index contributed by atoms with van der Waals surface area (Å²) in [5.41, 5.74) is 3.57. The lowest BCUT2D eigenvalue weighted by Gasteiger charge is -2.21. The van der Waals surface area contributed by atoms with Crippen molar-refractivity contribution in [3.63, 3.8) is 0 Å². The van der Waals surface area contributed by atoms with E-state index in [1.54, 1.807) is 36.4 Å². The highest BCUT2D eigenvalue weighted by Crippen LogP contribution is 2.41. The molecule has 11 nitrogen and oxygen atoms in total. The molecule has 1 atom stereocenters. The second-order valence-corrected chi connectivity index (χ2v) is 13.7. The Bertz CT molecular complexity index is 1850. The van der Waals surface area contributed by atoms with E-state index >= 15 is 0 Å². The lowest BCUT2D eigenvalue weighted by molar-refractivity contribution is -0.384. The van der Waals surface area contributed by atoms with E-state index in [1.807, 2.05) is 19.9 Å². The zero-order chi connectivity index (χ0) is 29.4. The molecule has 1 aromatic heterocycles. The van der Waals surface area contributed by atoms with Crippen LogP contribution in [-0.2, 0) is 26.6 Å². The summed E-state index contributed by atoms with van der Waals surface area (Å²) < 4.78 is 55.5. The molecule has 212 valence electrons. The van der Waals surface area contributed by atoms with Crippen LogP contribution in [0.3, 0.4) is 0 Å². The highest BCUT2D eigenvalue weighted by molar-refractivity contribution is 7.90. The van der Waals surface area contributed by atoms with Gasteiger partial charge in [0.1, 0.15) is 0 Å². The lowest BCUT2D eigenvalue weighted by atomic mass is 10.2. The molecule has 0 saturated heterocycles. The highest BCUT2D eigenvalue weighted by Gasteiger charge is 2.36. The van der Waals surface area contributed by atoms with E-state index in [9.17, 15) is 26.9 Å². The molecule has 13 heteroatoms. The van der Waals surface area contributed by atoms with Gasteiger partial charge in [-0.2, -0.15) is 12.7 Å². The molecule has 0 aliphatic heterocycles. The van der Waals surface area contributed by atoms with Crippen molar-refractivity contribution in [2.45, 2.75) is 36.6 Å². The number of rotatable bonds is 10. The van der Waals surface area contributed by atoms with Crippen LogP contribution in [0.1, 0.15) is 28.8 Å². The van der Waals surface area contributed by atoms with E-state index in [2.05, 4.69) is 10.3 Å². The van der Waals surface area contributed by atoms with Crippen molar-refractivity contribution in [2.24, 2.45) is 5.92 Å². The number of sulfonamides is 1. The minimum Gasteiger partial charge on any atom is -0.258 e. The molecule has 41 heavy (non-hydrogen) atoms. The van der Waals surface area contributed by atoms with Crippen LogP contribution in [0.15, 0.2) is 94.4 Å². The number of benzene rings is 3. The number of nitrogens with zero attached hydrogens (tertiary/aromatic N) is 5. The SMILES string of the molecule is Cc1ccc(S(=O)(=O)N(Cc2cn(S(=O)(=O)c3ccc(C)cc3)nn2)CC2C/C2=C\c2cccc([N+](=O)[O-])c2)cc1. The van der Waals surface area contributed by atoms with E-state index in [0.29, 0.717) is 12.0 Å². The maximum atomic E-state index is 13.7. The molecule has 1 aliphatic rings. The molecular formula is C28H27N5O6S2. The lowest BCUT2D eigenvalue weighted by Crippen LogP contribution is -2.32. The Labute approximate surface area is 238 Å². The van der Waals surface area contributed by atoms with Crippen LogP contribution in [0, 0.1) is 29.9 Å². The molecule has 1 saturated carbocycles. The molecule has 1 fully saturated rings. The number of aryl methyl sites for hydroxylation is 2. The maximum absolute atomic E-state index is 13.7. The van der Waals surface area contributed by atoms with Crippen LogP contribution in [-0.4, -0.2) is 47.0 Å². The van der Waals surface area contributed by atoms with Crippen LogP contribution >= 0.6 is 0 Å². The summed E-state index contributed by atoms with van der Waals surface area (Å²) in [7, 11) is -7.99. The number of non-ortho nitro benzene ring substituents is 1. The van der Waals surface area contributed by atoms with Gasteiger partial charge in [0.25, 0.3) is 15.7 Å². The first-order valence-corrected chi connectivity index (χ1v) is 15.6. The van der Waals surface area contributed by atoms with E-state index in [4.69, 9.17) is 0 Å². The summed E-state index contributed by atoms with van der Waals surface area (Å²) in [5.74, 6) is -0.110. The first-order valence-electron chi connectivity index (χ1n) is 12.7. The molecule has 0 spiro atoms. The predicted molar refractivity (Wildman–Crippen MR) is 152 cm³/mol. The fourth-order valence-electron chi connectivity index (χ4n) is 4.35. The quantitative estimate of drug-likeness (QED) is 0.195. The summed E-state index contributed by atoms with van der Waals surface area (Å²) >= 11 is 0. The van der Waals surface area contributed by atoms with Crippen LogP contribution in [0.2, 0.25) is 0 Å². The van der Waals surface area contributed by atoms with Crippen molar-refractivity contribution >= 4 is 31.8 Å². The molecule has 1 aliphatic carbocycles. The average molecular weight is 594 g/mol. The molecule has 3 aromatic carbocycles.